The van der Waals surface area contributed by atoms with Crippen LogP contribution in [0.5, 0.6) is 0 Å². The highest BCUT2D eigenvalue weighted by Crippen LogP contribution is 2.42. The van der Waals surface area contributed by atoms with Crippen LogP contribution in [0, 0.1) is 6.92 Å². The highest BCUT2D eigenvalue weighted by molar-refractivity contribution is 5.99. The molecular formula is C12H13NO. The SMILES string of the molecule is Cc1cccc2c1C1CCCN1C2=O. The highest BCUT2D eigenvalue weighted by Gasteiger charge is 2.39. The average Bonchev–Trinajstić information content (AvgIpc) is 2.72. The van der Waals surface area contributed by atoms with Crippen LogP contribution in [-0.4, -0.2) is 17.4 Å². The second kappa shape index (κ2) is 2.59. The topological polar surface area (TPSA) is 20.3 Å². The first-order valence-corrected chi connectivity index (χ1v) is 5.19. The quantitative estimate of drug-likeness (QED) is 0.610. The molecule has 1 unspecified atom stereocenters. The molecule has 2 aliphatic rings. The van der Waals surface area contributed by atoms with E-state index in [4.69, 9.17) is 0 Å². The first-order valence-electron chi connectivity index (χ1n) is 5.19. The van der Waals surface area contributed by atoms with Gasteiger partial charge in [-0.05, 0) is 37.0 Å². The number of carbonyl (C=O) groups is 1. The van der Waals surface area contributed by atoms with Gasteiger partial charge in [0.2, 0.25) is 0 Å². The van der Waals surface area contributed by atoms with Gasteiger partial charge in [-0.2, -0.15) is 0 Å². The maximum absolute atomic E-state index is 12.0. The standard InChI is InChI=1S/C12H13NO/c1-8-4-2-5-9-11(8)10-6-3-7-13(10)12(9)14/h2,4-5,10H,3,6-7H2,1H3. The fourth-order valence-electron chi connectivity index (χ4n) is 2.77. The van der Waals surface area contributed by atoms with Gasteiger partial charge in [-0.15, -0.1) is 0 Å². The van der Waals surface area contributed by atoms with Crippen LogP contribution in [0.2, 0.25) is 0 Å². The number of amides is 1. The van der Waals surface area contributed by atoms with Gasteiger partial charge in [0, 0.05) is 12.1 Å². The Morgan fingerprint density at radius 2 is 2.29 bits per heavy atom. The van der Waals surface area contributed by atoms with Gasteiger partial charge in [-0.3, -0.25) is 4.79 Å². The molecule has 0 spiro atoms. The van der Waals surface area contributed by atoms with Gasteiger partial charge in [-0.25, -0.2) is 0 Å². The van der Waals surface area contributed by atoms with Crippen molar-refractivity contribution in [2.45, 2.75) is 25.8 Å². The molecule has 3 rings (SSSR count). The lowest BCUT2D eigenvalue weighted by atomic mass is 9.97. The van der Waals surface area contributed by atoms with Crippen molar-refractivity contribution >= 4 is 5.91 Å². The van der Waals surface area contributed by atoms with E-state index in [1.54, 1.807) is 0 Å². The lowest BCUT2D eigenvalue weighted by Gasteiger charge is -2.15. The van der Waals surface area contributed by atoms with Gasteiger partial charge >= 0.3 is 0 Å². The second-order valence-electron chi connectivity index (χ2n) is 4.19. The Balaban J connectivity index is 2.23. The van der Waals surface area contributed by atoms with Crippen molar-refractivity contribution in [2.24, 2.45) is 0 Å². The largest absolute Gasteiger partial charge is 0.332 e. The molecule has 0 aromatic heterocycles. The van der Waals surface area contributed by atoms with E-state index in [1.165, 1.54) is 11.1 Å². The fraction of sp³-hybridized carbons (Fsp3) is 0.417. The summed E-state index contributed by atoms with van der Waals surface area (Å²) in [7, 11) is 0. The molecule has 0 N–H and O–H groups in total. The summed E-state index contributed by atoms with van der Waals surface area (Å²) in [6.07, 6.45) is 2.30. The molecule has 2 aliphatic heterocycles. The molecule has 2 heterocycles. The Morgan fingerprint density at radius 1 is 1.43 bits per heavy atom. The molecular weight excluding hydrogens is 174 g/mol. The summed E-state index contributed by atoms with van der Waals surface area (Å²) in [5.41, 5.74) is 3.50. The molecule has 0 aliphatic carbocycles. The maximum atomic E-state index is 12.0. The third-order valence-electron chi connectivity index (χ3n) is 3.40. The number of hydrogen-bond acceptors (Lipinski definition) is 1. The molecule has 1 aromatic rings. The number of fused-ring (bicyclic) bond motifs is 3. The van der Waals surface area contributed by atoms with Gasteiger partial charge in [0.05, 0.1) is 6.04 Å². The summed E-state index contributed by atoms with van der Waals surface area (Å²) < 4.78 is 0. The van der Waals surface area contributed by atoms with Crippen molar-refractivity contribution in [1.82, 2.24) is 4.90 Å². The molecule has 1 fully saturated rings. The maximum Gasteiger partial charge on any atom is 0.254 e. The first kappa shape index (κ1) is 8.04. The predicted octanol–water partition coefficient (Wildman–Crippen LogP) is 2.29. The van der Waals surface area contributed by atoms with Gasteiger partial charge < -0.3 is 4.90 Å². The van der Waals surface area contributed by atoms with Crippen molar-refractivity contribution < 1.29 is 4.79 Å². The molecule has 0 radical (unpaired) electrons. The highest BCUT2D eigenvalue weighted by atomic mass is 16.2. The van der Waals surface area contributed by atoms with E-state index in [-0.39, 0.29) is 5.91 Å². The van der Waals surface area contributed by atoms with Crippen molar-refractivity contribution in [3.05, 3.63) is 34.9 Å². The van der Waals surface area contributed by atoms with E-state index in [0.717, 1.165) is 24.9 Å². The average molecular weight is 187 g/mol. The predicted molar refractivity (Wildman–Crippen MR) is 54.2 cm³/mol. The molecule has 1 saturated heterocycles. The Labute approximate surface area is 83.5 Å². The smallest absolute Gasteiger partial charge is 0.254 e. The van der Waals surface area contributed by atoms with E-state index in [9.17, 15) is 4.79 Å². The summed E-state index contributed by atoms with van der Waals surface area (Å²) in [6, 6.07) is 6.43. The summed E-state index contributed by atoms with van der Waals surface area (Å²) >= 11 is 0. The minimum absolute atomic E-state index is 0.242. The van der Waals surface area contributed by atoms with Crippen molar-refractivity contribution in [3.63, 3.8) is 0 Å². The molecule has 1 atom stereocenters. The molecule has 0 bridgehead atoms. The molecule has 2 heteroatoms. The minimum Gasteiger partial charge on any atom is -0.332 e. The van der Waals surface area contributed by atoms with E-state index in [1.807, 2.05) is 17.0 Å². The number of carbonyl (C=O) groups excluding carboxylic acids is 1. The lowest BCUT2D eigenvalue weighted by molar-refractivity contribution is 0.0776. The molecule has 2 nitrogen and oxygen atoms in total. The van der Waals surface area contributed by atoms with E-state index >= 15 is 0 Å². The minimum atomic E-state index is 0.242. The first-order chi connectivity index (χ1) is 6.79. The molecule has 1 aromatic carbocycles. The van der Waals surface area contributed by atoms with Crippen LogP contribution in [0.3, 0.4) is 0 Å². The number of hydrogen-bond donors (Lipinski definition) is 0. The second-order valence-corrected chi connectivity index (χ2v) is 4.19. The third-order valence-corrected chi connectivity index (χ3v) is 3.40. The monoisotopic (exact) mass is 187 g/mol. The Kier molecular flexibility index (Phi) is 1.49. The zero-order chi connectivity index (χ0) is 9.71. The summed E-state index contributed by atoms with van der Waals surface area (Å²) in [6.45, 7) is 3.05. The summed E-state index contributed by atoms with van der Waals surface area (Å²) in [5, 5.41) is 0. The number of benzene rings is 1. The Morgan fingerprint density at radius 3 is 3.14 bits per heavy atom. The number of aryl methyl sites for hydroxylation is 1. The Bertz CT molecular complexity index is 411. The number of rotatable bonds is 0. The third kappa shape index (κ3) is 0.834. The van der Waals surface area contributed by atoms with Gasteiger partial charge in [0.1, 0.15) is 0 Å². The van der Waals surface area contributed by atoms with Crippen molar-refractivity contribution in [2.75, 3.05) is 6.54 Å². The zero-order valence-corrected chi connectivity index (χ0v) is 8.29. The van der Waals surface area contributed by atoms with Crippen LogP contribution >= 0.6 is 0 Å². The van der Waals surface area contributed by atoms with Crippen LogP contribution in [-0.2, 0) is 0 Å². The molecule has 72 valence electrons. The van der Waals surface area contributed by atoms with E-state index < -0.39 is 0 Å². The van der Waals surface area contributed by atoms with Gasteiger partial charge in [0.25, 0.3) is 5.91 Å². The van der Waals surface area contributed by atoms with Crippen LogP contribution in [0.25, 0.3) is 0 Å². The van der Waals surface area contributed by atoms with Crippen LogP contribution < -0.4 is 0 Å². The van der Waals surface area contributed by atoms with Crippen LogP contribution in [0.15, 0.2) is 18.2 Å². The lowest BCUT2D eigenvalue weighted by Crippen LogP contribution is -2.22. The molecule has 0 saturated carbocycles. The van der Waals surface area contributed by atoms with Crippen molar-refractivity contribution in [1.29, 1.82) is 0 Å². The van der Waals surface area contributed by atoms with Gasteiger partial charge in [-0.1, -0.05) is 12.1 Å². The Hall–Kier alpha value is -1.31. The zero-order valence-electron chi connectivity index (χ0n) is 8.29. The van der Waals surface area contributed by atoms with Crippen LogP contribution in [0.4, 0.5) is 0 Å². The van der Waals surface area contributed by atoms with Crippen molar-refractivity contribution in [3.8, 4) is 0 Å². The van der Waals surface area contributed by atoms with Gasteiger partial charge in [0.15, 0.2) is 0 Å². The normalized spacial score (nSPS) is 23.9. The van der Waals surface area contributed by atoms with E-state index in [2.05, 4.69) is 13.0 Å². The summed E-state index contributed by atoms with van der Waals surface area (Å²) in [4.78, 5) is 14.0. The fourth-order valence-corrected chi connectivity index (χ4v) is 2.77. The van der Waals surface area contributed by atoms with Crippen LogP contribution in [0.1, 0.15) is 40.4 Å². The number of nitrogens with zero attached hydrogens (tertiary/aromatic N) is 1. The molecule has 14 heavy (non-hydrogen) atoms. The van der Waals surface area contributed by atoms with E-state index in [0.29, 0.717) is 6.04 Å². The summed E-state index contributed by atoms with van der Waals surface area (Å²) in [5.74, 6) is 0.242. The molecule has 1 amide bonds.